The van der Waals surface area contributed by atoms with Crippen molar-refractivity contribution in [1.29, 1.82) is 0 Å². The number of rotatable bonds is 5. The van der Waals surface area contributed by atoms with Gasteiger partial charge in [0.05, 0.1) is 12.0 Å². The van der Waals surface area contributed by atoms with Gasteiger partial charge in [-0.3, -0.25) is 4.79 Å². The molecule has 1 aromatic heterocycles. The number of benzene rings is 1. The highest BCUT2D eigenvalue weighted by atomic mass is 35.5. The van der Waals surface area contributed by atoms with Crippen molar-refractivity contribution in [2.75, 3.05) is 0 Å². The number of hydrogen-bond donors (Lipinski definition) is 2. The number of nitrogens with one attached hydrogen (secondary N) is 1. The van der Waals surface area contributed by atoms with Crippen LogP contribution in [0.4, 0.5) is 13.6 Å². The molecular weight excluding hydrogens is 452 g/mol. The topological polar surface area (TPSA) is 118 Å². The summed E-state index contributed by atoms with van der Waals surface area (Å²) in [4.78, 5) is 41.5. The number of amides is 3. The Morgan fingerprint density at radius 3 is 2.66 bits per heavy atom. The summed E-state index contributed by atoms with van der Waals surface area (Å²) in [7, 11) is 0. The molecule has 0 bridgehead atoms. The number of carbonyl (C=O) groups is 3. The highest BCUT2D eigenvalue weighted by Gasteiger charge is 2.54. The van der Waals surface area contributed by atoms with E-state index < -0.39 is 42.2 Å². The number of carbonyl (C=O) groups excluding carboxylic acids is 2. The lowest BCUT2D eigenvalue weighted by molar-refractivity contribution is -0.286. The first-order valence-electron chi connectivity index (χ1n) is 9.42. The van der Waals surface area contributed by atoms with Gasteiger partial charge in [0.2, 0.25) is 5.91 Å². The summed E-state index contributed by atoms with van der Waals surface area (Å²) in [5.41, 5.74) is 0.992. The predicted octanol–water partition coefficient (Wildman–Crippen LogP) is 2.98. The van der Waals surface area contributed by atoms with Gasteiger partial charge in [-0.2, -0.15) is 0 Å². The Kier molecular flexibility index (Phi) is 5.37. The quantitative estimate of drug-likeness (QED) is 0.512. The molecule has 2 aromatic rings. The number of likely N-dealkylation sites (tertiary alicyclic amines) is 1. The van der Waals surface area contributed by atoms with Crippen molar-refractivity contribution < 1.29 is 37.7 Å². The van der Waals surface area contributed by atoms with E-state index in [9.17, 15) is 28.3 Å². The van der Waals surface area contributed by atoms with Crippen LogP contribution >= 0.6 is 11.6 Å². The second kappa shape index (κ2) is 7.90. The van der Waals surface area contributed by atoms with E-state index in [1.165, 1.54) is 30.5 Å². The summed E-state index contributed by atoms with van der Waals surface area (Å²) in [6.45, 7) is 1.55. The Bertz CT molecular complexity index is 1100. The van der Waals surface area contributed by atoms with E-state index in [4.69, 9.17) is 11.6 Å². The van der Waals surface area contributed by atoms with Crippen LogP contribution in [-0.4, -0.2) is 45.2 Å². The van der Waals surface area contributed by atoms with E-state index in [1.54, 1.807) is 13.0 Å². The van der Waals surface area contributed by atoms with Crippen LogP contribution in [0.1, 0.15) is 24.1 Å². The molecule has 0 spiro atoms. The first kappa shape index (κ1) is 21.8. The van der Waals surface area contributed by atoms with Gasteiger partial charge in [-0.05, 0) is 42.7 Å². The van der Waals surface area contributed by atoms with Gasteiger partial charge in [-0.15, -0.1) is 8.78 Å². The second-order valence-electron chi connectivity index (χ2n) is 7.34. The molecule has 2 aliphatic heterocycles. The second-order valence-corrected chi connectivity index (χ2v) is 7.72. The third kappa shape index (κ3) is 4.03. The Morgan fingerprint density at radius 2 is 2.00 bits per heavy atom. The fourth-order valence-electron chi connectivity index (χ4n) is 3.61. The van der Waals surface area contributed by atoms with Crippen molar-refractivity contribution in [3.8, 4) is 11.5 Å². The number of nitrogens with zero attached hydrogens (tertiary/aromatic N) is 2. The number of urea groups is 1. The van der Waals surface area contributed by atoms with Crippen LogP contribution in [0.25, 0.3) is 0 Å². The molecule has 0 aliphatic carbocycles. The summed E-state index contributed by atoms with van der Waals surface area (Å²) >= 11 is 5.73. The first-order chi connectivity index (χ1) is 15.1. The number of alkyl halides is 2. The summed E-state index contributed by atoms with van der Waals surface area (Å²) < 4.78 is 35.1. The Hall–Kier alpha value is -3.47. The normalized spacial score (nSPS) is 21.6. The number of pyridine rings is 1. The van der Waals surface area contributed by atoms with Gasteiger partial charge in [0.15, 0.2) is 17.5 Å². The van der Waals surface area contributed by atoms with Crippen LogP contribution in [0.5, 0.6) is 11.5 Å². The largest absolute Gasteiger partial charge is 0.586 e. The van der Waals surface area contributed by atoms with Gasteiger partial charge in [-0.1, -0.05) is 23.7 Å². The lowest BCUT2D eigenvalue weighted by atomic mass is 9.83. The maximum Gasteiger partial charge on any atom is 0.586 e. The molecule has 168 valence electrons. The number of aromatic nitrogens is 1. The number of ether oxygens (including phenoxy) is 2. The third-order valence-corrected chi connectivity index (χ3v) is 5.42. The van der Waals surface area contributed by atoms with Crippen molar-refractivity contribution in [3.63, 3.8) is 0 Å². The standard InChI is InChI=1S/C20H16ClF2N3O6/c1-9(11-3-4-13-14(7-11)32-20(22,23)31-13)25-19(30)26-16(18(28)29)12(17(26)27)6-10-2-5-15(21)24-8-10/h2-5,7-9,12,16H,6H2,1H3,(H,25,30)(H,28,29). The van der Waals surface area contributed by atoms with Gasteiger partial charge in [0.25, 0.3) is 0 Å². The molecule has 32 heavy (non-hydrogen) atoms. The maximum atomic E-state index is 13.2. The van der Waals surface area contributed by atoms with Crippen LogP contribution in [0.2, 0.25) is 5.15 Å². The molecule has 2 aliphatic rings. The minimum Gasteiger partial charge on any atom is -0.480 e. The van der Waals surface area contributed by atoms with Crippen LogP contribution < -0.4 is 14.8 Å². The fourth-order valence-corrected chi connectivity index (χ4v) is 3.72. The zero-order valence-electron chi connectivity index (χ0n) is 16.4. The summed E-state index contributed by atoms with van der Waals surface area (Å²) in [6, 6.07) is 4.09. The van der Waals surface area contributed by atoms with Crippen molar-refractivity contribution in [2.45, 2.75) is 31.7 Å². The van der Waals surface area contributed by atoms with Crippen LogP contribution in [0.3, 0.4) is 0 Å². The van der Waals surface area contributed by atoms with Crippen LogP contribution in [0, 0.1) is 5.92 Å². The number of carboxylic acid groups (broad SMARTS) is 1. The molecule has 1 saturated heterocycles. The molecule has 0 saturated carbocycles. The van der Waals surface area contributed by atoms with Gasteiger partial charge >= 0.3 is 18.3 Å². The predicted molar refractivity (Wildman–Crippen MR) is 104 cm³/mol. The molecule has 1 fully saturated rings. The summed E-state index contributed by atoms with van der Waals surface area (Å²) in [5, 5.41) is 12.3. The Morgan fingerprint density at radius 1 is 1.28 bits per heavy atom. The van der Waals surface area contributed by atoms with Crippen LogP contribution in [0.15, 0.2) is 36.5 Å². The average Bonchev–Trinajstić information content (AvgIpc) is 3.03. The number of carboxylic acids is 1. The van der Waals surface area contributed by atoms with Gasteiger partial charge in [0.1, 0.15) is 5.15 Å². The molecule has 3 atom stereocenters. The summed E-state index contributed by atoms with van der Waals surface area (Å²) in [6.07, 6.45) is -2.26. The van der Waals surface area contributed by atoms with E-state index in [2.05, 4.69) is 19.8 Å². The van der Waals surface area contributed by atoms with Gasteiger partial charge in [-0.25, -0.2) is 19.5 Å². The van der Waals surface area contributed by atoms with E-state index in [0.717, 1.165) is 0 Å². The third-order valence-electron chi connectivity index (χ3n) is 5.20. The zero-order valence-corrected chi connectivity index (χ0v) is 17.2. The SMILES string of the molecule is CC(NC(=O)N1C(=O)C(Cc2ccc(Cl)nc2)C1C(=O)O)c1ccc2c(c1)OC(F)(F)O2. The minimum atomic E-state index is -3.78. The van der Waals surface area contributed by atoms with Crippen molar-refractivity contribution in [2.24, 2.45) is 5.92 Å². The first-order valence-corrected chi connectivity index (χ1v) is 9.80. The number of halogens is 3. The highest BCUT2D eigenvalue weighted by molar-refractivity contribution is 6.29. The smallest absolute Gasteiger partial charge is 0.480 e. The molecule has 3 heterocycles. The number of hydrogen-bond acceptors (Lipinski definition) is 6. The molecule has 0 radical (unpaired) electrons. The average molecular weight is 468 g/mol. The molecule has 1 aromatic carbocycles. The minimum absolute atomic E-state index is 0.0790. The molecular formula is C20H16ClF2N3O6. The Labute approximate surface area is 184 Å². The van der Waals surface area contributed by atoms with Crippen molar-refractivity contribution in [3.05, 3.63) is 52.8 Å². The fraction of sp³-hybridized carbons (Fsp3) is 0.300. The number of imide groups is 1. The number of β-lactam (4-membered cyclic amide) rings is 1. The van der Waals surface area contributed by atoms with Gasteiger partial charge < -0.3 is 19.9 Å². The molecule has 9 nitrogen and oxygen atoms in total. The molecule has 12 heteroatoms. The monoisotopic (exact) mass is 467 g/mol. The van der Waals surface area contributed by atoms with Crippen molar-refractivity contribution in [1.82, 2.24) is 15.2 Å². The van der Waals surface area contributed by atoms with E-state index >= 15 is 0 Å². The molecule has 3 unspecified atom stereocenters. The van der Waals surface area contributed by atoms with Gasteiger partial charge in [0, 0.05) is 6.20 Å². The lowest BCUT2D eigenvalue weighted by Crippen LogP contribution is -2.68. The molecule has 4 rings (SSSR count). The highest BCUT2D eigenvalue weighted by Crippen LogP contribution is 2.42. The van der Waals surface area contributed by atoms with Crippen LogP contribution in [-0.2, 0) is 16.0 Å². The lowest BCUT2D eigenvalue weighted by Gasteiger charge is -2.43. The zero-order chi connectivity index (χ0) is 23.2. The van der Waals surface area contributed by atoms with E-state index in [-0.39, 0.29) is 23.1 Å². The molecule has 2 N–H and O–H groups in total. The van der Waals surface area contributed by atoms with Crippen molar-refractivity contribution >= 4 is 29.5 Å². The number of aliphatic carboxylic acids is 1. The Balaban J connectivity index is 1.44. The van der Waals surface area contributed by atoms with E-state index in [1.807, 2.05) is 0 Å². The number of fused-ring (bicyclic) bond motifs is 1. The maximum absolute atomic E-state index is 13.2. The summed E-state index contributed by atoms with van der Waals surface area (Å²) in [5.74, 6) is -3.27. The molecule has 3 amide bonds. The van der Waals surface area contributed by atoms with E-state index in [0.29, 0.717) is 16.0 Å².